The lowest BCUT2D eigenvalue weighted by Crippen LogP contribution is -2.35. The van der Waals surface area contributed by atoms with Crippen molar-refractivity contribution >= 4 is 59.3 Å². The maximum atomic E-state index is 12.6. The summed E-state index contributed by atoms with van der Waals surface area (Å²) in [5, 5.41) is 5.63. The van der Waals surface area contributed by atoms with Crippen molar-refractivity contribution in [1.82, 2.24) is 23.8 Å². The van der Waals surface area contributed by atoms with Crippen LogP contribution < -0.4 is 5.32 Å². The van der Waals surface area contributed by atoms with Crippen LogP contribution in [0.25, 0.3) is 11.0 Å². The predicted octanol–water partition coefficient (Wildman–Crippen LogP) is 6.71. The van der Waals surface area contributed by atoms with Crippen LogP contribution in [0.4, 0.5) is 15.7 Å². The monoisotopic (exact) mass is 578 g/mol. The summed E-state index contributed by atoms with van der Waals surface area (Å²) in [5.74, 6) is 0.739. The lowest BCUT2D eigenvalue weighted by atomic mass is 10.0. The molecule has 1 fully saturated rings. The third kappa shape index (κ3) is 7.68. The van der Waals surface area contributed by atoms with Gasteiger partial charge in [-0.05, 0) is 70.1 Å². The quantitative estimate of drug-likeness (QED) is 0.223. The van der Waals surface area contributed by atoms with Crippen LogP contribution in [-0.2, 0) is 22.6 Å². The van der Waals surface area contributed by atoms with Crippen LogP contribution in [0, 0.1) is 12.8 Å². The van der Waals surface area contributed by atoms with Crippen molar-refractivity contribution in [3.63, 3.8) is 0 Å². The van der Waals surface area contributed by atoms with Crippen LogP contribution in [0.5, 0.6) is 0 Å². The molecule has 1 amide bonds. The summed E-state index contributed by atoms with van der Waals surface area (Å²) in [5.41, 5.74) is 2.02. The largest absolute Gasteiger partial charge is 0.444 e. The van der Waals surface area contributed by atoms with Gasteiger partial charge in [-0.3, -0.25) is 0 Å². The molecular formula is C26H39ClN6O3SSi. The topological polar surface area (TPSA) is 94.4 Å². The number of carbonyl (C=O) groups excluding carboxylic acids is 1. The highest BCUT2D eigenvalue weighted by Crippen LogP contribution is 2.33. The van der Waals surface area contributed by atoms with Crippen LogP contribution in [-0.4, -0.2) is 63.3 Å². The van der Waals surface area contributed by atoms with E-state index in [-0.39, 0.29) is 12.0 Å². The smallest absolute Gasteiger partial charge is 0.410 e. The van der Waals surface area contributed by atoms with E-state index in [1.807, 2.05) is 44.5 Å². The second-order valence-corrected chi connectivity index (χ2v) is 19.1. The van der Waals surface area contributed by atoms with E-state index in [4.69, 9.17) is 31.0 Å². The zero-order valence-corrected chi connectivity index (χ0v) is 26.0. The first-order valence-corrected chi connectivity index (χ1v) is 17.9. The Morgan fingerprint density at radius 1 is 1.29 bits per heavy atom. The van der Waals surface area contributed by atoms with Gasteiger partial charge in [0.05, 0.1) is 21.8 Å². The number of hydrogen-bond donors (Lipinski definition) is 1. The number of aryl methyl sites for hydroxylation is 1. The number of aromatic nitrogens is 4. The van der Waals surface area contributed by atoms with Gasteiger partial charge in [0.1, 0.15) is 23.0 Å². The van der Waals surface area contributed by atoms with Crippen molar-refractivity contribution in [1.29, 1.82) is 0 Å². The Balaban J connectivity index is 1.58. The fourth-order valence-electron chi connectivity index (χ4n) is 4.35. The number of carbonyl (C=O) groups is 1. The average Bonchev–Trinajstić information content (AvgIpc) is 3.49. The minimum atomic E-state index is -1.19. The summed E-state index contributed by atoms with van der Waals surface area (Å²) in [6.07, 6.45) is 3.16. The highest BCUT2D eigenvalue weighted by atomic mass is 35.5. The Morgan fingerprint density at radius 3 is 2.71 bits per heavy atom. The zero-order chi connectivity index (χ0) is 27.7. The summed E-state index contributed by atoms with van der Waals surface area (Å²) < 4.78 is 17.9. The van der Waals surface area contributed by atoms with Gasteiger partial charge < -0.3 is 24.3 Å². The van der Waals surface area contributed by atoms with E-state index in [0.717, 1.165) is 39.9 Å². The third-order valence-electron chi connectivity index (χ3n) is 6.25. The van der Waals surface area contributed by atoms with Crippen LogP contribution in [0.3, 0.4) is 0 Å². The molecule has 3 aromatic heterocycles. The molecule has 0 spiro atoms. The van der Waals surface area contributed by atoms with Crippen LogP contribution in [0.15, 0.2) is 12.3 Å². The van der Waals surface area contributed by atoms with Crippen LogP contribution in [0.1, 0.15) is 38.6 Å². The van der Waals surface area contributed by atoms with Crippen molar-refractivity contribution in [2.75, 3.05) is 25.0 Å². The molecule has 1 saturated heterocycles. The molecule has 4 heterocycles. The number of nitrogens with one attached hydrogen (secondary N) is 1. The van der Waals surface area contributed by atoms with Gasteiger partial charge in [-0.1, -0.05) is 31.2 Å². The number of hydrogen-bond acceptors (Lipinski definition) is 8. The normalized spacial score (nSPS) is 16.4. The van der Waals surface area contributed by atoms with Crippen molar-refractivity contribution in [2.45, 2.75) is 78.6 Å². The average molecular weight is 579 g/mol. The minimum absolute atomic E-state index is 0.242. The minimum Gasteiger partial charge on any atom is -0.444 e. The van der Waals surface area contributed by atoms with E-state index in [2.05, 4.69) is 29.3 Å². The van der Waals surface area contributed by atoms with E-state index in [1.54, 1.807) is 4.90 Å². The maximum Gasteiger partial charge on any atom is 0.410 e. The molecule has 0 radical (unpaired) electrons. The van der Waals surface area contributed by atoms with Gasteiger partial charge in [-0.2, -0.15) is 9.36 Å². The summed E-state index contributed by atoms with van der Waals surface area (Å²) in [6, 6.07) is 3.06. The molecule has 9 nitrogen and oxygen atoms in total. The Kier molecular flexibility index (Phi) is 8.70. The number of ether oxygens (including phenoxy) is 2. The molecule has 208 valence electrons. The Bertz CT molecular complexity index is 1280. The van der Waals surface area contributed by atoms with E-state index < -0.39 is 13.7 Å². The molecule has 4 rings (SSSR count). The third-order valence-corrected chi connectivity index (χ3v) is 9.04. The predicted molar refractivity (Wildman–Crippen MR) is 156 cm³/mol. The van der Waals surface area contributed by atoms with Crippen molar-refractivity contribution < 1.29 is 14.3 Å². The summed E-state index contributed by atoms with van der Waals surface area (Å²) >= 11 is 8.13. The number of halogens is 1. The molecular weight excluding hydrogens is 540 g/mol. The first-order chi connectivity index (χ1) is 17.8. The van der Waals surface area contributed by atoms with Gasteiger partial charge in [0.2, 0.25) is 5.95 Å². The summed E-state index contributed by atoms with van der Waals surface area (Å²) in [7, 11) is -1.19. The standard InChI is InChI=1S/C26H39ClN6O3SSi/c1-17-12-21(37-31-17)29-24-28-20(13-18-8-9-32(14-18)25(34)36-26(2,3)4)22-19(27)15-33(23(22)30-24)16-35-10-11-38(5,6)7/h12,15,18H,8-11,13-14,16H2,1-7H3,(H,28,29,30)/t18-/m1/s1. The second-order valence-electron chi connectivity index (χ2n) is 12.2. The van der Waals surface area contributed by atoms with Gasteiger partial charge in [0, 0.05) is 34.0 Å². The van der Waals surface area contributed by atoms with Crippen molar-refractivity contribution in [3.8, 4) is 0 Å². The Hall–Kier alpha value is -2.21. The first kappa shape index (κ1) is 28.8. The molecule has 1 aliphatic rings. The molecule has 1 atom stereocenters. The number of fused-ring (bicyclic) bond motifs is 1. The van der Waals surface area contributed by atoms with Gasteiger partial charge in [0.25, 0.3) is 0 Å². The molecule has 38 heavy (non-hydrogen) atoms. The van der Waals surface area contributed by atoms with E-state index in [0.29, 0.717) is 43.8 Å². The molecule has 3 aromatic rings. The molecule has 0 bridgehead atoms. The summed E-state index contributed by atoms with van der Waals surface area (Å²) in [6.45, 7) is 17.0. The lowest BCUT2D eigenvalue weighted by molar-refractivity contribution is 0.0288. The van der Waals surface area contributed by atoms with Gasteiger partial charge >= 0.3 is 6.09 Å². The van der Waals surface area contributed by atoms with E-state index in [1.165, 1.54) is 11.5 Å². The van der Waals surface area contributed by atoms with Crippen molar-refractivity contribution in [3.05, 3.63) is 28.7 Å². The Labute approximate surface area is 235 Å². The molecule has 0 saturated carbocycles. The number of nitrogens with zero attached hydrogens (tertiary/aromatic N) is 5. The van der Waals surface area contributed by atoms with Crippen LogP contribution in [0.2, 0.25) is 30.7 Å². The maximum absolute atomic E-state index is 12.6. The number of likely N-dealkylation sites (tertiary alicyclic amines) is 1. The fraction of sp³-hybridized carbons (Fsp3) is 0.615. The highest BCUT2D eigenvalue weighted by Gasteiger charge is 2.31. The number of amides is 1. The fourth-order valence-corrected chi connectivity index (χ4v) is 6.07. The lowest BCUT2D eigenvalue weighted by Gasteiger charge is -2.24. The molecule has 0 aromatic carbocycles. The number of anilines is 2. The molecule has 1 aliphatic heterocycles. The highest BCUT2D eigenvalue weighted by molar-refractivity contribution is 7.10. The summed E-state index contributed by atoms with van der Waals surface area (Å²) in [4.78, 5) is 24.1. The number of rotatable bonds is 9. The van der Waals surface area contributed by atoms with Gasteiger partial charge in [-0.15, -0.1) is 0 Å². The second kappa shape index (κ2) is 11.5. The molecule has 0 unspecified atom stereocenters. The van der Waals surface area contributed by atoms with E-state index >= 15 is 0 Å². The van der Waals surface area contributed by atoms with E-state index in [9.17, 15) is 4.79 Å². The first-order valence-electron chi connectivity index (χ1n) is 13.1. The van der Waals surface area contributed by atoms with Gasteiger partial charge in [0.15, 0.2) is 0 Å². The van der Waals surface area contributed by atoms with Crippen LogP contribution >= 0.6 is 23.1 Å². The molecule has 1 N–H and O–H groups in total. The molecule has 12 heteroatoms. The SMILES string of the molecule is Cc1cc(Nc2nc(C[C@H]3CCN(C(=O)OC(C)(C)C)C3)c3c(Cl)cn(COCC[Si](C)(C)C)c3n2)sn1. The van der Waals surface area contributed by atoms with Gasteiger partial charge in [-0.25, -0.2) is 9.78 Å². The Morgan fingerprint density at radius 2 is 2.05 bits per heavy atom. The van der Waals surface area contributed by atoms with Crippen molar-refractivity contribution in [2.24, 2.45) is 5.92 Å². The zero-order valence-electron chi connectivity index (χ0n) is 23.4. The molecule has 0 aliphatic carbocycles.